The number of rotatable bonds is 4. The Bertz CT molecular complexity index is 388. The van der Waals surface area contributed by atoms with Crippen molar-refractivity contribution in [1.29, 1.82) is 0 Å². The van der Waals surface area contributed by atoms with Gasteiger partial charge in [0.1, 0.15) is 0 Å². The lowest BCUT2D eigenvalue weighted by molar-refractivity contribution is -0.129. The molecule has 1 aromatic rings. The summed E-state index contributed by atoms with van der Waals surface area (Å²) in [5, 5.41) is 2.80. The van der Waals surface area contributed by atoms with Crippen LogP contribution in [0.5, 0.6) is 0 Å². The van der Waals surface area contributed by atoms with Gasteiger partial charge in [-0.3, -0.25) is 9.59 Å². The van der Waals surface area contributed by atoms with Crippen LogP contribution in [0.2, 0.25) is 0 Å². The van der Waals surface area contributed by atoms with E-state index in [9.17, 15) is 9.59 Å². The fourth-order valence-electron chi connectivity index (χ4n) is 1.54. The highest BCUT2D eigenvalue weighted by molar-refractivity contribution is 5.78. The summed E-state index contributed by atoms with van der Waals surface area (Å²) < 4.78 is 0. The molecule has 0 aromatic heterocycles. The third kappa shape index (κ3) is 4.26. The van der Waals surface area contributed by atoms with Crippen molar-refractivity contribution in [1.82, 2.24) is 10.2 Å². The van der Waals surface area contributed by atoms with Crippen LogP contribution in [-0.4, -0.2) is 30.8 Å². The molecular formula is C13H18N2O2. The van der Waals surface area contributed by atoms with Gasteiger partial charge in [-0.1, -0.05) is 30.3 Å². The first-order chi connectivity index (χ1) is 8.00. The van der Waals surface area contributed by atoms with Crippen molar-refractivity contribution >= 4 is 11.8 Å². The van der Waals surface area contributed by atoms with Gasteiger partial charge in [0.25, 0.3) is 0 Å². The first-order valence-electron chi connectivity index (χ1n) is 5.53. The summed E-state index contributed by atoms with van der Waals surface area (Å²) >= 11 is 0. The topological polar surface area (TPSA) is 49.4 Å². The van der Waals surface area contributed by atoms with Crippen molar-refractivity contribution in [2.45, 2.75) is 19.4 Å². The van der Waals surface area contributed by atoms with Crippen LogP contribution in [-0.2, 0) is 9.59 Å². The molecule has 1 N–H and O–H groups in total. The van der Waals surface area contributed by atoms with Gasteiger partial charge >= 0.3 is 0 Å². The maximum absolute atomic E-state index is 11.7. The van der Waals surface area contributed by atoms with E-state index in [0.717, 1.165) is 5.56 Å². The monoisotopic (exact) mass is 234 g/mol. The number of amides is 2. The summed E-state index contributed by atoms with van der Waals surface area (Å²) in [4.78, 5) is 24.4. The van der Waals surface area contributed by atoms with E-state index >= 15 is 0 Å². The van der Waals surface area contributed by atoms with Gasteiger partial charge in [-0.05, 0) is 5.56 Å². The third-order valence-corrected chi connectivity index (χ3v) is 2.46. The second-order valence-corrected chi connectivity index (χ2v) is 4.16. The maximum atomic E-state index is 11.7. The molecule has 0 radical (unpaired) electrons. The SMILES string of the molecule is CC(=O)N[C@@H](CC(=O)N(C)C)c1ccccc1. The summed E-state index contributed by atoms with van der Waals surface area (Å²) in [7, 11) is 3.41. The third-order valence-electron chi connectivity index (χ3n) is 2.46. The summed E-state index contributed by atoms with van der Waals surface area (Å²) in [6.45, 7) is 1.45. The molecule has 0 aliphatic heterocycles. The van der Waals surface area contributed by atoms with Crippen molar-refractivity contribution in [3.8, 4) is 0 Å². The summed E-state index contributed by atoms with van der Waals surface area (Å²) in [5.41, 5.74) is 0.943. The van der Waals surface area contributed by atoms with E-state index in [2.05, 4.69) is 5.32 Å². The predicted octanol–water partition coefficient (Wildman–Crippen LogP) is 1.34. The van der Waals surface area contributed by atoms with Crippen molar-refractivity contribution in [3.05, 3.63) is 35.9 Å². The number of nitrogens with zero attached hydrogens (tertiary/aromatic N) is 1. The molecule has 0 fully saturated rings. The van der Waals surface area contributed by atoms with Crippen LogP contribution in [0.3, 0.4) is 0 Å². The molecule has 0 bridgehead atoms. The van der Waals surface area contributed by atoms with Crippen LogP contribution in [0, 0.1) is 0 Å². The van der Waals surface area contributed by atoms with Gasteiger partial charge in [-0.15, -0.1) is 0 Å². The molecule has 4 heteroatoms. The van der Waals surface area contributed by atoms with Gasteiger partial charge < -0.3 is 10.2 Å². The van der Waals surface area contributed by atoms with Crippen LogP contribution >= 0.6 is 0 Å². The Kier molecular flexibility index (Phi) is 4.69. The number of carbonyl (C=O) groups is 2. The van der Waals surface area contributed by atoms with Gasteiger partial charge in [0.05, 0.1) is 12.5 Å². The predicted molar refractivity (Wildman–Crippen MR) is 66.3 cm³/mol. The molecule has 0 saturated carbocycles. The minimum Gasteiger partial charge on any atom is -0.349 e. The first kappa shape index (κ1) is 13.2. The highest BCUT2D eigenvalue weighted by atomic mass is 16.2. The average molecular weight is 234 g/mol. The molecule has 0 spiro atoms. The average Bonchev–Trinajstić information content (AvgIpc) is 2.28. The van der Waals surface area contributed by atoms with Crippen LogP contribution in [0.25, 0.3) is 0 Å². The molecule has 0 aliphatic rings. The van der Waals surface area contributed by atoms with E-state index in [4.69, 9.17) is 0 Å². The van der Waals surface area contributed by atoms with Crippen LogP contribution < -0.4 is 5.32 Å². The Balaban J connectivity index is 2.81. The fraction of sp³-hybridized carbons (Fsp3) is 0.385. The largest absolute Gasteiger partial charge is 0.349 e. The molecule has 2 amide bonds. The van der Waals surface area contributed by atoms with Crippen LogP contribution in [0.1, 0.15) is 24.9 Å². The lowest BCUT2D eigenvalue weighted by Crippen LogP contribution is -2.32. The number of benzene rings is 1. The molecule has 0 heterocycles. The van der Waals surface area contributed by atoms with E-state index in [-0.39, 0.29) is 24.3 Å². The lowest BCUT2D eigenvalue weighted by Gasteiger charge is -2.20. The van der Waals surface area contributed by atoms with Crippen molar-refractivity contribution < 1.29 is 9.59 Å². The molecule has 1 aromatic carbocycles. The van der Waals surface area contributed by atoms with E-state index in [1.54, 1.807) is 14.1 Å². The lowest BCUT2D eigenvalue weighted by atomic mass is 10.0. The fourth-order valence-corrected chi connectivity index (χ4v) is 1.54. The highest BCUT2D eigenvalue weighted by Gasteiger charge is 2.17. The zero-order chi connectivity index (χ0) is 12.8. The Hall–Kier alpha value is -1.84. The molecule has 0 saturated heterocycles. The highest BCUT2D eigenvalue weighted by Crippen LogP contribution is 2.17. The second-order valence-electron chi connectivity index (χ2n) is 4.16. The van der Waals surface area contributed by atoms with Crippen molar-refractivity contribution in [2.75, 3.05) is 14.1 Å². The molecule has 0 unspecified atom stereocenters. The van der Waals surface area contributed by atoms with E-state index < -0.39 is 0 Å². The van der Waals surface area contributed by atoms with Gasteiger partial charge in [-0.25, -0.2) is 0 Å². The molecule has 4 nitrogen and oxygen atoms in total. The Morgan fingerprint density at radius 2 is 1.82 bits per heavy atom. The summed E-state index contributed by atoms with van der Waals surface area (Å²) in [5.74, 6) is -0.141. The second kappa shape index (κ2) is 6.03. The quantitative estimate of drug-likeness (QED) is 0.854. The Labute approximate surface area is 102 Å². The zero-order valence-corrected chi connectivity index (χ0v) is 10.4. The molecule has 1 rings (SSSR count). The number of hydrogen-bond donors (Lipinski definition) is 1. The van der Waals surface area contributed by atoms with Gasteiger partial charge in [0.15, 0.2) is 0 Å². The number of nitrogens with one attached hydrogen (secondary N) is 1. The van der Waals surface area contributed by atoms with E-state index in [0.29, 0.717) is 0 Å². The molecule has 92 valence electrons. The normalized spacial score (nSPS) is 11.7. The summed E-state index contributed by atoms with van der Waals surface area (Å²) in [6.07, 6.45) is 0.274. The smallest absolute Gasteiger partial charge is 0.224 e. The van der Waals surface area contributed by atoms with Crippen molar-refractivity contribution in [2.24, 2.45) is 0 Å². The van der Waals surface area contributed by atoms with Gasteiger partial charge in [0.2, 0.25) is 11.8 Å². The standard InChI is InChI=1S/C13H18N2O2/c1-10(16)14-12(9-13(17)15(2)3)11-7-5-4-6-8-11/h4-8,12H,9H2,1-3H3,(H,14,16)/t12-/m0/s1. The zero-order valence-electron chi connectivity index (χ0n) is 10.4. The first-order valence-corrected chi connectivity index (χ1v) is 5.53. The minimum absolute atomic E-state index is 0.00685. The van der Waals surface area contributed by atoms with Crippen molar-refractivity contribution in [3.63, 3.8) is 0 Å². The maximum Gasteiger partial charge on any atom is 0.224 e. The summed E-state index contributed by atoms with van der Waals surface area (Å²) in [6, 6.07) is 9.24. The van der Waals surface area contributed by atoms with Gasteiger partial charge in [-0.2, -0.15) is 0 Å². The van der Waals surface area contributed by atoms with E-state index in [1.807, 2.05) is 30.3 Å². The molecule has 17 heavy (non-hydrogen) atoms. The molecule has 1 atom stereocenters. The Morgan fingerprint density at radius 3 is 2.29 bits per heavy atom. The van der Waals surface area contributed by atoms with Crippen LogP contribution in [0.4, 0.5) is 0 Å². The molecule has 0 aliphatic carbocycles. The Morgan fingerprint density at radius 1 is 1.24 bits per heavy atom. The number of carbonyl (C=O) groups excluding carboxylic acids is 2. The van der Waals surface area contributed by atoms with E-state index in [1.165, 1.54) is 11.8 Å². The van der Waals surface area contributed by atoms with Crippen LogP contribution in [0.15, 0.2) is 30.3 Å². The number of hydrogen-bond acceptors (Lipinski definition) is 2. The molecular weight excluding hydrogens is 216 g/mol. The minimum atomic E-state index is -0.261. The van der Waals surface area contributed by atoms with Gasteiger partial charge in [0, 0.05) is 21.0 Å².